The van der Waals surface area contributed by atoms with E-state index in [1.165, 1.54) is 0 Å². The van der Waals surface area contributed by atoms with Crippen LogP contribution >= 0.6 is 23.2 Å². The molecule has 0 spiro atoms. The Morgan fingerprint density at radius 1 is 0.833 bits per heavy atom. The van der Waals surface area contributed by atoms with E-state index < -0.39 is 17.5 Å². The average molecular weight is 533 g/mol. The van der Waals surface area contributed by atoms with Crippen LogP contribution in [0.3, 0.4) is 0 Å². The smallest absolute Gasteiger partial charge is 0.355 e. The Morgan fingerprint density at radius 3 is 2.06 bits per heavy atom. The monoisotopic (exact) mass is 532 g/mol. The van der Waals surface area contributed by atoms with Crippen molar-refractivity contribution in [1.29, 1.82) is 0 Å². The second-order valence-corrected chi connectivity index (χ2v) is 10.5. The number of halogens is 2. The summed E-state index contributed by atoms with van der Waals surface area (Å²) in [6.45, 7) is 9.56. The zero-order valence-corrected chi connectivity index (χ0v) is 23.0. The van der Waals surface area contributed by atoms with Gasteiger partial charge in [-0.15, -0.1) is 23.2 Å². The van der Waals surface area contributed by atoms with Gasteiger partial charge in [0, 0.05) is 29.6 Å². The van der Waals surface area contributed by atoms with E-state index in [9.17, 15) is 9.59 Å². The summed E-state index contributed by atoms with van der Waals surface area (Å²) in [6, 6.07) is 9.55. The first-order chi connectivity index (χ1) is 17.1. The van der Waals surface area contributed by atoms with Crippen LogP contribution < -0.4 is 0 Å². The highest BCUT2D eigenvalue weighted by Gasteiger charge is 2.26. The van der Waals surface area contributed by atoms with Gasteiger partial charge >= 0.3 is 11.9 Å². The molecular weight excluding hydrogens is 499 g/mol. The van der Waals surface area contributed by atoms with Crippen molar-refractivity contribution in [3.63, 3.8) is 0 Å². The van der Waals surface area contributed by atoms with E-state index in [4.69, 9.17) is 32.7 Å². The fourth-order valence-electron chi connectivity index (χ4n) is 4.23. The number of carbonyl (C=O) groups is 2. The van der Waals surface area contributed by atoms with Crippen molar-refractivity contribution in [3.05, 3.63) is 80.9 Å². The first-order valence-electron chi connectivity index (χ1n) is 12.0. The molecule has 0 bridgehead atoms. The molecule has 0 aliphatic rings. The van der Waals surface area contributed by atoms with E-state index in [0.29, 0.717) is 42.4 Å². The SMILES string of the molecule is Cc1c(C(=O)OCc2ccccc2)[nH]c(Cc2[nH]c(C(=O)OC(C)(C)C)c(CCCl)c2C)c1CCCl. The number of alkyl halides is 2. The Morgan fingerprint density at radius 2 is 1.44 bits per heavy atom. The number of aromatic nitrogens is 2. The molecule has 0 fully saturated rings. The number of hydrogen-bond acceptors (Lipinski definition) is 4. The molecule has 0 saturated carbocycles. The minimum absolute atomic E-state index is 0.190. The molecule has 36 heavy (non-hydrogen) atoms. The highest BCUT2D eigenvalue weighted by atomic mass is 35.5. The van der Waals surface area contributed by atoms with Gasteiger partial charge in [-0.05, 0) is 75.3 Å². The van der Waals surface area contributed by atoms with Gasteiger partial charge in [0.15, 0.2) is 0 Å². The molecule has 3 aromatic rings. The minimum atomic E-state index is -0.617. The number of H-pyrrole nitrogens is 2. The van der Waals surface area contributed by atoms with E-state index in [1.54, 1.807) is 0 Å². The van der Waals surface area contributed by atoms with Gasteiger partial charge in [-0.2, -0.15) is 0 Å². The fraction of sp³-hybridized carbons (Fsp3) is 0.429. The second-order valence-electron chi connectivity index (χ2n) is 9.78. The van der Waals surface area contributed by atoms with Crippen molar-refractivity contribution in [2.24, 2.45) is 0 Å². The molecule has 8 heteroatoms. The highest BCUT2D eigenvalue weighted by Crippen LogP contribution is 2.28. The molecule has 0 aliphatic carbocycles. The van der Waals surface area contributed by atoms with Crippen molar-refractivity contribution in [2.75, 3.05) is 11.8 Å². The van der Waals surface area contributed by atoms with E-state index in [1.807, 2.05) is 65.0 Å². The first-order valence-corrected chi connectivity index (χ1v) is 13.1. The van der Waals surface area contributed by atoms with Crippen molar-refractivity contribution in [2.45, 2.75) is 66.1 Å². The number of rotatable bonds is 10. The summed E-state index contributed by atoms with van der Waals surface area (Å²) in [7, 11) is 0. The third-order valence-corrected chi connectivity index (χ3v) is 6.39. The Labute approximate surface area is 222 Å². The maximum atomic E-state index is 12.9. The molecular formula is C28H34Cl2N2O4. The molecule has 0 aliphatic heterocycles. The van der Waals surface area contributed by atoms with Gasteiger partial charge in [0.2, 0.25) is 0 Å². The summed E-state index contributed by atoms with van der Waals surface area (Å²) in [4.78, 5) is 32.4. The van der Waals surface area contributed by atoms with Crippen LogP contribution in [0.5, 0.6) is 0 Å². The lowest BCUT2D eigenvalue weighted by Crippen LogP contribution is -2.24. The standard InChI is InChI=1S/C28H34Cl2N2O4/c1-17-21(12-14-30)25(27(34)36-28(3,4)5)31-22(17)15-23-20(11-13-29)18(2)24(32-23)26(33)35-16-19-9-7-6-8-10-19/h6-10,31-32H,11-16H2,1-5H3. The molecule has 0 saturated heterocycles. The predicted molar refractivity (Wildman–Crippen MR) is 143 cm³/mol. The lowest BCUT2D eigenvalue weighted by Gasteiger charge is -2.19. The van der Waals surface area contributed by atoms with Gasteiger partial charge in [0.1, 0.15) is 23.6 Å². The Kier molecular flexibility index (Phi) is 9.31. The van der Waals surface area contributed by atoms with Gasteiger partial charge in [0.05, 0.1) is 0 Å². The number of esters is 2. The summed E-state index contributed by atoms with van der Waals surface area (Å²) in [5.41, 5.74) is 6.45. The van der Waals surface area contributed by atoms with Crippen LogP contribution in [0.2, 0.25) is 0 Å². The van der Waals surface area contributed by atoms with Crippen LogP contribution in [-0.4, -0.2) is 39.3 Å². The third-order valence-electron chi connectivity index (χ3n) is 6.01. The number of carbonyl (C=O) groups excluding carboxylic acids is 2. The Hall–Kier alpha value is -2.70. The lowest BCUT2D eigenvalue weighted by atomic mass is 10.0. The summed E-state index contributed by atoms with van der Waals surface area (Å²) >= 11 is 12.2. The number of aromatic amines is 2. The van der Waals surface area contributed by atoms with Gasteiger partial charge in [0.25, 0.3) is 0 Å². The number of nitrogens with one attached hydrogen (secondary N) is 2. The fourth-order valence-corrected chi connectivity index (χ4v) is 4.61. The van der Waals surface area contributed by atoms with Crippen molar-refractivity contribution in [1.82, 2.24) is 9.97 Å². The third kappa shape index (κ3) is 6.74. The van der Waals surface area contributed by atoms with E-state index in [-0.39, 0.29) is 6.61 Å². The molecule has 0 radical (unpaired) electrons. The van der Waals surface area contributed by atoms with Crippen LogP contribution in [-0.2, 0) is 35.3 Å². The average Bonchev–Trinajstić information content (AvgIpc) is 3.30. The summed E-state index contributed by atoms with van der Waals surface area (Å²) < 4.78 is 11.2. The number of hydrogen-bond donors (Lipinski definition) is 2. The lowest BCUT2D eigenvalue weighted by molar-refractivity contribution is 0.00619. The molecule has 2 N–H and O–H groups in total. The number of benzene rings is 1. The minimum Gasteiger partial charge on any atom is -0.456 e. The molecule has 0 amide bonds. The zero-order valence-electron chi connectivity index (χ0n) is 21.5. The van der Waals surface area contributed by atoms with Gasteiger partial charge < -0.3 is 19.4 Å². The molecule has 0 unspecified atom stereocenters. The van der Waals surface area contributed by atoms with Crippen molar-refractivity contribution in [3.8, 4) is 0 Å². The molecule has 2 heterocycles. The van der Waals surface area contributed by atoms with Gasteiger partial charge in [-0.3, -0.25) is 0 Å². The molecule has 0 atom stereocenters. The normalized spacial score (nSPS) is 11.5. The quantitative estimate of drug-likeness (QED) is 0.233. The van der Waals surface area contributed by atoms with E-state index in [0.717, 1.165) is 39.2 Å². The summed E-state index contributed by atoms with van der Waals surface area (Å²) in [5.74, 6) is -0.0383. The Bertz CT molecular complexity index is 1210. The molecule has 6 nitrogen and oxygen atoms in total. The molecule has 1 aromatic carbocycles. The van der Waals surface area contributed by atoms with Crippen molar-refractivity contribution >= 4 is 35.1 Å². The first kappa shape index (κ1) is 27.9. The summed E-state index contributed by atoms with van der Waals surface area (Å²) in [5, 5.41) is 0. The van der Waals surface area contributed by atoms with Crippen molar-refractivity contribution < 1.29 is 19.1 Å². The summed E-state index contributed by atoms with van der Waals surface area (Å²) in [6.07, 6.45) is 1.59. The molecule has 194 valence electrons. The Balaban J connectivity index is 1.91. The second kappa shape index (κ2) is 12.0. The predicted octanol–water partition coefficient (Wildman–Crippen LogP) is 6.43. The van der Waals surface area contributed by atoms with E-state index >= 15 is 0 Å². The maximum Gasteiger partial charge on any atom is 0.355 e. The maximum absolute atomic E-state index is 12.9. The largest absolute Gasteiger partial charge is 0.456 e. The molecule has 3 rings (SSSR count). The highest BCUT2D eigenvalue weighted by molar-refractivity contribution is 6.18. The van der Waals surface area contributed by atoms with Crippen LogP contribution in [0, 0.1) is 13.8 Å². The van der Waals surface area contributed by atoms with Crippen LogP contribution in [0.1, 0.15) is 81.0 Å². The van der Waals surface area contributed by atoms with Crippen LogP contribution in [0.25, 0.3) is 0 Å². The van der Waals surface area contributed by atoms with E-state index in [2.05, 4.69) is 9.97 Å². The van der Waals surface area contributed by atoms with Crippen LogP contribution in [0.4, 0.5) is 0 Å². The van der Waals surface area contributed by atoms with Crippen LogP contribution in [0.15, 0.2) is 30.3 Å². The number of ether oxygens (including phenoxy) is 2. The van der Waals surface area contributed by atoms with Gasteiger partial charge in [-0.1, -0.05) is 30.3 Å². The zero-order chi connectivity index (χ0) is 26.5. The molecule has 2 aromatic heterocycles. The van der Waals surface area contributed by atoms with Gasteiger partial charge in [-0.25, -0.2) is 9.59 Å². The topological polar surface area (TPSA) is 84.2 Å².